The van der Waals surface area contributed by atoms with Crippen molar-refractivity contribution in [2.75, 3.05) is 4.90 Å². The van der Waals surface area contributed by atoms with Crippen molar-refractivity contribution in [1.82, 2.24) is 9.13 Å². The molecule has 11 rings (SSSR count). The van der Waals surface area contributed by atoms with E-state index in [0.717, 1.165) is 22.7 Å². The number of anilines is 3. The zero-order valence-corrected chi connectivity index (χ0v) is 30.0. The van der Waals surface area contributed by atoms with Crippen molar-refractivity contribution in [3.63, 3.8) is 0 Å². The fourth-order valence-corrected chi connectivity index (χ4v) is 8.53. The average molecular weight is 702 g/mol. The van der Waals surface area contributed by atoms with Crippen LogP contribution in [0.4, 0.5) is 17.1 Å². The van der Waals surface area contributed by atoms with E-state index in [-0.39, 0.29) is 0 Å². The summed E-state index contributed by atoms with van der Waals surface area (Å²) >= 11 is 0. The summed E-state index contributed by atoms with van der Waals surface area (Å²) in [7, 11) is 0. The quantitative estimate of drug-likeness (QED) is 0.168. The normalized spacial score (nSPS) is 11.6. The van der Waals surface area contributed by atoms with Crippen LogP contribution in [0.2, 0.25) is 0 Å². The first-order valence-corrected chi connectivity index (χ1v) is 18.9. The van der Waals surface area contributed by atoms with Crippen LogP contribution in [0.3, 0.4) is 0 Å². The molecule has 0 bridgehead atoms. The van der Waals surface area contributed by atoms with Gasteiger partial charge in [-0.2, -0.15) is 0 Å². The van der Waals surface area contributed by atoms with Gasteiger partial charge in [0.2, 0.25) is 0 Å². The first kappa shape index (κ1) is 31.2. The summed E-state index contributed by atoms with van der Waals surface area (Å²) in [5, 5.41) is 7.48. The van der Waals surface area contributed by atoms with Gasteiger partial charge in [0.05, 0.1) is 22.1 Å². The van der Waals surface area contributed by atoms with Crippen LogP contribution in [0.15, 0.2) is 212 Å². The van der Waals surface area contributed by atoms with E-state index in [1.165, 1.54) is 71.2 Å². The second-order valence-corrected chi connectivity index (χ2v) is 14.2. The van der Waals surface area contributed by atoms with Gasteiger partial charge in [-0.1, -0.05) is 121 Å². The molecule has 3 heteroatoms. The molecule has 0 spiro atoms. The van der Waals surface area contributed by atoms with Gasteiger partial charge in [-0.3, -0.25) is 0 Å². The van der Waals surface area contributed by atoms with Gasteiger partial charge in [0.25, 0.3) is 0 Å². The van der Waals surface area contributed by atoms with E-state index in [1.807, 2.05) is 0 Å². The first-order chi connectivity index (χ1) is 27.3. The van der Waals surface area contributed by atoms with Crippen molar-refractivity contribution >= 4 is 71.4 Å². The molecular formula is C52H35N3. The lowest BCUT2D eigenvalue weighted by Crippen LogP contribution is -2.10. The smallest absolute Gasteiger partial charge is 0.0541 e. The Hall–Kier alpha value is -7.36. The number of para-hydroxylation sites is 4. The summed E-state index contributed by atoms with van der Waals surface area (Å²) in [6.45, 7) is 0. The lowest BCUT2D eigenvalue weighted by atomic mass is 10.0. The zero-order valence-electron chi connectivity index (χ0n) is 30.0. The number of aromatic nitrogens is 2. The van der Waals surface area contributed by atoms with Gasteiger partial charge >= 0.3 is 0 Å². The largest absolute Gasteiger partial charge is 0.310 e. The number of rotatable bonds is 6. The monoisotopic (exact) mass is 701 g/mol. The Kier molecular flexibility index (Phi) is 7.17. The topological polar surface area (TPSA) is 13.1 Å². The second-order valence-electron chi connectivity index (χ2n) is 14.2. The van der Waals surface area contributed by atoms with Crippen LogP contribution in [0.25, 0.3) is 76.9 Å². The Bertz CT molecular complexity index is 3130. The summed E-state index contributed by atoms with van der Waals surface area (Å²) in [6.07, 6.45) is 0. The lowest BCUT2D eigenvalue weighted by molar-refractivity contribution is 1.17. The van der Waals surface area contributed by atoms with Crippen LogP contribution in [0.1, 0.15) is 0 Å². The molecule has 0 radical (unpaired) electrons. The Labute approximate surface area is 319 Å². The van der Waals surface area contributed by atoms with Crippen molar-refractivity contribution in [3.8, 4) is 22.5 Å². The molecule has 0 aliphatic rings. The molecular weight excluding hydrogens is 667 g/mol. The number of fused-ring (bicyclic) bond motifs is 7. The van der Waals surface area contributed by atoms with Gasteiger partial charge in [0.15, 0.2) is 0 Å². The van der Waals surface area contributed by atoms with Gasteiger partial charge in [0.1, 0.15) is 0 Å². The molecule has 2 heterocycles. The maximum Gasteiger partial charge on any atom is 0.0541 e. The second kappa shape index (κ2) is 12.6. The van der Waals surface area contributed by atoms with Gasteiger partial charge in [-0.15, -0.1) is 0 Å². The highest BCUT2D eigenvalue weighted by atomic mass is 15.1. The molecule has 2 aromatic heterocycles. The van der Waals surface area contributed by atoms with Gasteiger partial charge < -0.3 is 14.0 Å². The highest BCUT2D eigenvalue weighted by Gasteiger charge is 2.17. The molecule has 9 aromatic carbocycles. The Morgan fingerprint density at radius 3 is 1.36 bits per heavy atom. The van der Waals surface area contributed by atoms with E-state index in [2.05, 4.69) is 226 Å². The third kappa shape index (κ3) is 5.13. The van der Waals surface area contributed by atoms with E-state index in [0.29, 0.717) is 0 Å². The van der Waals surface area contributed by atoms with E-state index in [1.54, 1.807) is 0 Å². The highest BCUT2D eigenvalue weighted by molar-refractivity contribution is 6.11. The third-order valence-electron chi connectivity index (χ3n) is 11.1. The number of hydrogen-bond donors (Lipinski definition) is 0. The standard InChI is InChI=1S/C52H35N3/c1-2-14-40(15-3-1)54-51-21-11-8-18-47(51)48-35-39(25-33-52(48)54)37-22-26-41(27-23-37)53(44-28-24-36-12-4-5-13-38(36)34-44)42-29-31-43(32-30-42)55-49-19-9-6-16-45(49)46-17-7-10-20-50(46)55/h1-35H. The van der Waals surface area contributed by atoms with Crippen LogP contribution < -0.4 is 4.90 Å². The Morgan fingerprint density at radius 2 is 0.727 bits per heavy atom. The summed E-state index contributed by atoms with van der Waals surface area (Å²) in [5.41, 5.74) is 12.8. The van der Waals surface area contributed by atoms with Crippen molar-refractivity contribution in [2.24, 2.45) is 0 Å². The molecule has 0 N–H and O–H groups in total. The average Bonchev–Trinajstić information content (AvgIpc) is 3.77. The maximum atomic E-state index is 2.37. The fourth-order valence-electron chi connectivity index (χ4n) is 8.53. The molecule has 0 fully saturated rings. The van der Waals surface area contributed by atoms with Gasteiger partial charge in [-0.25, -0.2) is 0 Å². The molecule has 0 unspecified atom stereocenters. The molecule has 11 aromatic rings. The molecule has 0 saturated carbocycles. The van der Waals surface area contributed by atoms with Crippen LogP contribution in [-0.4, -0.2) is 9.13 Å². The predicted octanol–water partition coefficient (Wildman–Crippen LogP) is 14.2. The molecule has 55 heavy (non-hydrogen) atoms. The predicted molar refractivity (Wildman–Crippen MR) is 233 cm³/mol. The summed E-state index contributed by atoms with van der Waals surface area (Å²) in [4.78, 5) is 2.36. The van der Waals surface area contributed by atoms with E-state index in [9.17, 15) is 0 Å². The van der Waals surface area contributed by atoms with E-state index >= 15 is 0 Å². The van der Waals surface area contributed by atoms with Crippen molar-refractivity contribution in [1.29, 1.82) is 0 Å². The molecule has 0 saturated heterocycles. The van der Waals surface area contributed by atoms with Crippen molar-refractivity contribution < 1.29 is 0 Å². The molecule has 3 nitrogen and oxygen atoms in total. The van der Waals surface area contributed by atoms with E-state index < -0.39 is 0 Å². The van der Waals surface area contributed by atoms with Crippen molar-refractivity contribution in [2.45, 2.75) is 0 Å². The van der Waals surface area contributed by atoms with Crippen LogP contribution >= 0.6 is 0 Å². The molecule has 258 valence electrons. The van der Waals surface area contributed by atoms with Gasteiger partial charge in [-0.05, 0) is 113 Å². The molecule has 0 aliphatic carbocycles. The highest BCUT2D eigenvalue weighted by Crippen LogP contribution is 2.40. The van der Waals surface area contributed by atoms with Crippen LogP contribution in [-0.2, 0) is 0 Å². The minimum absolute atomic E-state index is 1.10. The minimum Gasteiger partial charge on any atom is -0.310 e. The number of benzene rings is 9. The fraction of sp³-hybridized carbons (Fsp3) is 0. The first-order valence-electron chi connectivity index (χ1n) is 18.9. The number of nitrogens with zero attached hydrogens (tertiary/aromatic N) is 3. The van der Waals surface area contributed by atoms with Gasteiger partial charge in [0, 0.05) is 50.0 Å². The Morgan fingerprint density at radius 1 is 0.273 bits per heavy atom. The summed E-state index contributed by atoms with van der Waals surface area (Å²) in [6, 6.07) is 76.9. The van der Waals surface area contributed by atoms with Crippen LogP contribution in [0.5, 0.6) is 0 Å². The summed E-state index contributed by atoms with van der Waals surface area (Å²) < 4.78 is 4.74. The lowest BCUT2D eigenvalue weighted by Gasteiger charge is -2.26. The summed E-state index contributed by atoms with van der Waals surface area (Å²) in [5.74, 6) is 0. The zero-order chi connectivity index (χ0) is 36.3. The number of hydrogen-bond acceptors (Lipinski definition) is 1. The molecule has 0 atom stereocenters. The SMILES string of the molecule is c1ccc(-n2c3ccccc3c3cc(-c4ccc(N(c5ccc(-n6c7ccccc7c7ccccc76)cc5)c5ccc6ccccc6c5)cc4)ccc32)cc1. The molecule has 0 aliphatic heterocycles. The minimum atomic E-state index is 1.10. The van der Waals surface area contributed by atoms with Crippen molar-refractivity contribution in [3.05, 3.63) is 212 Å². The van der Waals surface area contributed by atoms with E-state index in [4.69, 9.17) is 0 Å². The van der Waals surface area contributed by atoms with Crippen LogP contribution in [0, 0.1) is 0 Å². The maximum absolute atomic E-state index is 2.37. The Balaban J connectivity index is 1.01. The molecule has 0 amide bonds. The third-order valence-corrected chi connectivity index (χ3v) is 11.1.